The molecule has 1 aromatic rings. The minimum absolute atomic E-state index is 0.162. The number of nitrogens with one attached hydrogen (secondary N) is 1. The highest BCUT2D eigenvalue weighted by Gasteiger charge is 2.01. The van der Waals surface area contributed by atoms with E-state index >= 15 is 0 Å². The fourth-order valence-electron chi connectivity index (χ4n) is 0.769. The summed E-state index contributed by atoms with van der Waals surface area (Å²) < 4.78 is 0. The van der Waals surface area contributed by atoms with Gasteiger partial charge in [-0.25, -0.2) is 4.98 Å². The molecule has 0 aliphatic carbocycles. The Morgan fingerprint density at radius 1 is 1.54 bits per heavy atom. The average molecular weight is 219 g/mol. The second kappa shape index (κ2) is 5.04. The van der Waals surface area contributed by atoms with Crippen LogP contribution in [-0.4, -0.2) is 16.8 Å². The van der Waals surface area contributed by atoms with Gasteiger partial charge in [-0.3, -0.25) is 4.79 Å². The van der Waals surface area contributed by atoms with Gasteiger partial charge in [-0.1, -0.05) is 17.7 Å². The van der Waals surface area contributed by atoms with Gasteiger partial charge < -0.3 is 5.32 Å². The number of hydrogen-bond donors (Lipinski definition) is 1. The first-order chi connectivity index (χ1) is 6.22. The van der Waals surface area contributed by atoms with Gasteiger partial charge in [0.05, 0.1) is 0 Å². The highest BCUT2D eigenvalue weighted by atomic mass is 35.5. The summed E-state index contributed by atoms with van der Waals surface area (Å²) >= 11 is 11.0. The summed E-state index contributed by atoms with van der Waals surface area (Å²) in [6.45, 7) is 0. The lowest BCUT2D eigenvalue weighted by Gasteiger charge is -2.02. The van der Waals surface area contributed by atoms with E-state index in [1.165, 1.54) is 0 Å². The van der Waals surface area contributed by atoms with E-state index in [1.807, 2.05) is 0 Å². The van der Waals surface area contributed by atoms with Gasteiger partial charge in [0, 0.05) is 12.3 Å². The predicted octanol–water partition coefficient (Wildman–Crippen LogP) is 2.30. The molecule has 0 aromatic carbocycles. The second-order valence-electron chi connectivity index (χ2n) is 2.33. The molecule has 0 saturated carbocycles. The predicted molar refractivity (Wildman–Crippen MR) is 53.2 cm³/mol. The minimum Gasteiger partial charge on any atom is -0.311 e. The molecule has 3 nitrogen and oxygen atoms in total. The van der Waals surface area contributed by atoms with Gasteiger partial charge >= 0.3 is 0 Å². The zero-order valence-electron chi connectivity index (χ0n) is 6.76. The van der Waals surface area contributed by atoms with E-state index in [9.17, 15) is 4.79 Å². The Bertz CT molecular complexity index is 304. The van der Waals surface area contributed by atoms with E-state index in [1.54, 1.807) is 18.2 Å². The molecule has 1 amide bonds. The quantitative estimate of drug-likeness (QED) is 0.626. The number of anilines is 1. The number of carbonyl (C=O) groups is 1. The Morgan fingerprint density at radius 3 is 2.92 bits per heavy atom. The fourth-order valence-corrected chi connectivity index (χ4v) is 1.10. The number of amides is 1. The molecule has 1 rings (SSSR count). The van der Waals surface area contributed by atoms with E-state index < -0.39 is 0 Å². The number of carbonyl (C=O) groups excluding carboxylic acids is 1. The van der Waals surface area contributed by atoms with E-state index in [0.717, 1.165) is 0 Å². The molecule has 0 radical (unpaired) electrons. The molecule has 1 heterocycles. The number of alkyl halides is 1. The van der Waals surface area contributed by atoms with E-state index in [4.69, 9.17) is 23.2 Å². The Kier molecular flexibility index (Phi) is 3.99. The van der Waals surface area contributed by atoms with Crippen LogP contribution in [0, 0.1) is 0 Å². The summed E-state index contributed by atoms with van der Waals surface area (Å²) in [5.41, 5.74) is 0. The van der Waals surface area contributed by atoms with E-state index in [-0.39, 0.29) is 12.3 Å². The molecule has 0 aliphatic heterocycles. The standard InChI is InChI=1S/C8H8Cl2N2O/c9-5-4-8(13)12-7-3-1-2-6(10)11-7/h1-3H,4-5H2,(H,11,12,13). The molecule has 0 unspecified atom stereocenters. The summed E-state index contributed by atoms with van der Waals surface area (Å²) in [6.07, 6.45) is 0.274. The first-order valence-corrected chi connectivity index (χ1v) is 4.62. The molecule has 0 fully saturated rings. The Morgan fingerprint density at radius 2 is 2.31 bits per heavy atom. The molecule has 0 atom stereocenters. The van der Waals surface area contributed by atoms with Crippen LogP contribution < -0.4 is 5.32 Å². The largest absolute Gasteiger partial charge is 0.311 e. The number of rotatable bonds is 3. The van der Waals surface area contributed by atoms with Crippen LogP contribution in [-0.2, 0) is 4.79 Å². The van der Waals surface area contributed by atoms with Crippen molar-refractivity contribution in [1.29, 1.82) is 0 Å². The summed E-state index contributed by atoms with van der Waals surface area (Å²) in [7, 11) is 0. The lowest BCUT2D eigenvalue weighted by atomic mass is 10.4. The van der Waals surface area contributed by atoms with Crippen molar-refractivity contribution in [2.75, 3.05) is 11.2 Å². The first kappa shape index (κ1) is 10.3. The van der Waals surface area contributed by atoms with Crippen molar-refractivity contribution in [2.24, 2.45) is 0 Å². The van der Waals surface area contributed by atoms with Crippen molar-refractivity contribution in [3.8, 4) is 0 Å². The summed E-state index contributed by atoms with van der Waals surface area (Å²) in [5, 5.41) is 2.92. The Labute approximate surface area is 86.1 Å². The van der Waals surface area contributed by atoms with E-state index in [2.05, 4.69) is 10.3 Å². The van der Waals surface area contributed by atoms with Gasteiger partial charge in [0.25, 0.3) is 0 Å². The number of hydrogen-bond acceptors (Lipinski definition) is 2. The third-order valence-electron chi connectivity index (χ3n) is 1.30. The fraction of sp³-hybridized carbons (Fsp3) is 0.250. The van der Waals surface area contributed by atoms with Crippen molar-refractivity contribution in [3.05, 3.63) is 23.4 Å². The molecule has 70 valence electrons. The molecular formula is C8H8Cl2N2O. The highest BCUT2D eigenvalue weighted by Crippen LogP contribution is 2.09. The van der Waals surface area contributed by atoms with Crippen LogP contribution in [0.25, 0.3) is 0 Å². The highest BCUT2D eigenvalue weighted by molar-refractivity contribution is 6.29. The lowest BCUT2D eigenvalue weighted by molar-refractivity contribution is -0.115. The van der Waals surface area contributed by atoms with Crippen molar-refractivity contribution in [1.82, 2.24) is 4.98 Å². The first-order valence-electron chi connectivity index (χ1n) is 3.71. The molecule has 1 aromatic heterocycles. The maximum absolute atomic E-state index is 11.0. The van der Waals surface area contributed by atoms with Crippen LogP contribution in [0.4, 0.5) is 5.82 Å². The van der Waals surface area contributed by atoms with Gasteiger partial charge in [0.15, 0.2) is 0 Å². The molecule has 0 aliphatic rings. The number of pyridine rings is 1. The zero-order chi connectivity index (χ0) is 9.68. The maximum atomic E-state index is 11.0. The molecule has 5 heteroatoms. The lowest BCUT2D eigenvalue weighted by Crippen LogP contribution is -2.12. The molecule has 1 N–H and O–H groups in total. The normalized spacial score (nSPS) is 9.69. The third-order valence-corrected chi connectivity index (χ3v) is 1.70. The Hall–Kier alpha value is -0.800. The summed E-state index contributed by atoms with van der Waals surface area (Å²) in [5.74, 6) is 0.583. The Balaban J connectivity index is 2.58. The van der Waals surface area contributed by atoms with Crippen LogP contribution in [0.3, 0.4) is 0 Å². The van der Waals surface area contributed by atoms with Crippen LogP contribution >= 0.6 is 23.2 Å². The molecule has 0 bridgehead atoms. The summed E-state index contributed by atoms with van der Waals surface area (Å²) in [4.78, 5) is 14.9. The van der Waals surface area contributed by atoms with Crippen molar-refractivity contribution < 1.29 is 4.79 Å². The number of halogens is 2. The topological polar surface area (TPSA) is 42.0 Å². The minimum atomic E-state index is -0.162. The number of aromatic nitrogens is 1. The van der Waals surface area contributed by atoms with Crippen molar-refractivity contribution in [2.45, 2.75) is 6.42 Å². The molecule has 0 spiro atoms. The SMILES string of the molecule is O=C(CCCl)Nc1cccc(Cl)n1. The van der Waals surface area contributed by atoms with Crippen LogP contribution in [0.2, 0.25) is 5.15 Å². The van der Waals surface area contributed by atoms with Crippen LogP contribution in [0.5, 0.6) is 0 Å². The third kappa shape index (κ3) is 3.61. The molecule has 0 saturated heterocycles. The van der Waals surface area contributed by atoms with Gasteiger partial charge in [-0.2, -0.15) is 0 Å². The monoisotopic (exact) mass is 218 g/mol. The smallest absolute Gasteiger partial charge is 0.226 e. The molecule has 13 heavy (non-hydrogen) atoms. The van der Waals surface area contributed by atoms with Gasteiger partial charge in [-0.05, 0) is 12.1 Å². The van der Waals surface area contributed by atoms with Crippen LogP contribution in [0.1, 0.15) is 6.42 Å². The van der Waals surface area contributed by atoms with Crippen molar-refractivity contribution >= 4 is 34.9 Å². The second-order valence-corrected chi connectivity index (χ2v) is 3.10. The van der Waals surface area contributed by atoms with Crippen molar-refractivity contribution in [3.63, 3.8) is 0 Å². The zero-order valence-corrected chi connectivity index (χ0v) is 8.27. The summed E-state index contributed by atoms with van der Waals surface area (Å²) in [6, 6.07) is 5.02. The number of nitrogens with zero attached hydrogens (tertiary/aromatic N) is 1. The van der Waals surface area contributed by atoms with E-state index in [0.29, 0.717) is 16.9 Å². The van der Waals surface area contributed by atoms with Crippen LogP contribution in [0.15, 0.2) is 18.2 Å². The maximum Gasteiger partial charge on any atom is 0.226 e. The van der Waals surface area contributed by atoms with Gasteiger partial charge in [0.2, 0.25) is 5.91 Å². The molecular weight excluding hydrogens is 211 g/mol. The van der Waals surface area contributed by atoms with Gasteiger partial charge in [-0.15, -0.1) is 11.6 Å². The average Bonchev–Trinajstić information content (AvgIpc) is 2.04. The van der Waals surface area contributed by atoms with Gasteiger partial charge in [0.1, 0.15) is 11.0 Å².